The summed E-state index contributed by atoms with van der Waals surface area (Å²) >= 11 is 1.40. The fourth-order valence-corrected chi connectivity index (χ4v) is 4.67. The van der Waals surface area contributed by atoms with Gasteiger partial charge in [-0.1, -0.05) is 30.8 Å². The first kappa shape index (κ1) is 20.9. The van der Waals surface area contributed by atoms with E-state index < -0.39 is 0 Å². The number of aromatic nitrogens is 2. The number of carbonyl (C=O) groups is 1. The average Bonchev–Trinajstić information content (AvgIpc) is 3.23. The molecule has 0 unspecified atom stereocenters. The lowest BCUT2D eigenvalue weighted by atomic mass is 10.2. The molecule has 0 N–H and O–H groups in total. The van der Waals surface area contributed by atoms with Crippen molar-refractivity contribution in [3.8, 4) is 0 Å². The van der Waals surface area contributed by atoms with Gasteiger partial charge in [0.1, 0.15) is 0 Å². The number of nitrogens with zero attached hydrogens (tertiary/aromatic N) is 3. The maximum absolute atomic E-state index is 13.2. The number of hydrogen-bond donors (Lipinski definition) is 0. The zero-order valence-electron chi connectivity index (χ0n) is 16.9. The molecule has 2 atom stereocenters. The molecule has 0 aliphatic carbocycles. The number of hydrogen-bond acceptors (Lipinski definition) is 5. The highest BCUT2D eigenvalue weighted by atomic mass is 32.2. The van der Waals surface area contributed by atoms with E-state index in [1.807, 2.05) is 49.9 Å². The van der Waals surface area contributed by atoms with E-state index in [4.69, 9.17) is 9.72 Å². The van der Waals surface area contributed by atoms with Crippen LogP contribution in [-0.4, -0.2) is 51.4 Å². The predicted octanol–water partition coefficient (Wildman–Crippen LogP) is 3.31. The van der Waals surface area contributed by atoms with Crippen LogP contribution >= 0.6 is 11.8 Å². The summed E-state index contributed by atoms with van der Waals surface area (Å²) in [6.07, 6.45) is 2.67. The first-order valence-corrected chi connectivity index (χ1v) is 11.0. The number of fused-ring (bicyclic) bond motifs is 1. The molecule has 2 heterocycles. The van der Waals surface area contributed by atoms with Gasteiger partial charge in [0.15, 0.2) is 5.16 Å². The molecule has 0 bridgehead atoms. The molecular weight excluding hydrogens is 374 g/mol. The molecule has 1 aromatic heterocycles. The van der Waals surface area contributed by atoms with Gasteiger partial charge >= 0.3 is 0 Å². The fourth-order valence-electron chi connectivity index (χ4n) is 3.57. The average molecular weight is 404 g/mol. The summed E-state index contributed by atoms with van der Waals surface area (Å²) in [6, 6.07) is 7.40. The Morgan fingerprint density at radius 3 is 2.71 bits per heavy atom. The van der Waals surface area contributed by atoms with Crippen molar-refractivity contribution in [2.24, 2.45) is 0 Å². The van der Waals surface area contributed by atoms with Gasteiger partial charge in [-0.3, -0.25) is 14.2 Å². The second kappa shape index (κ2) is 9.56. The van der Waals surface area contributed by atoms with Crippen LogP contribution in [0, 0.1) is 0 Å². The Bertz CT molecular complexity index is 873. The van der Waals surface area contributed by atoms with Gasteiger partial charge in [0.05, 0.1) is 28.8 Å². The van der Waals surface area contributed by atoms with Crippen LogP contribution in [0.25, 0.3) is 10.9 Å². The van der Waals surface area contributed by atoms with Crippen molar-refractivity contribution in [2.75, 3.05) is 19.7 Å². The van der Waals surface area contributed by atoms with Crippen LogP contribution in [0.3, 0.4) is 0 Å². The SMILES string of the molecule is CC[C@@H](Sc1nc2ccccc2c(=O)n1C[C@@H]1CCCO1)C(=O)N(CC)CC. The molecule has 0 radical (unpaired) electrons. The number of amides is 1. The number of rotatable bonds is 8. The van der Waals surface area contributed by atoms with E-state index in [0.29, 0.717) is 42.1 Å². The zero-order valence-corrected chi connectivity index (χ0v) is 17.7. The highest BCUT2D eigenvalue weighted by molar-refractivity contribution is 8.00. The van der Waals surface area contributed by atoms with Gasteiger partial charge in [-0.15, -0.1) is 0 Å². The van der Waals surface area contributed by atoms with Crippen molar-refractivity contribution < 1.29 is 9.53 Å². The van der Waals surface area contributed by atoms with Gasteiger partial charge in [0, 0.05) is 19.7 Å². The lowest BCUT2D eigenvalue weighted by Crippen LogP contribution is -2.38. The number of benzene rings is 1. The van der Waals surface area contributed by atoms with E-state index in [2.05, 4.69) is 0 Å². The summed E-state index contributed by atoms with van der Waals surface area (Å²) in [5.74, 6) is 0.101. The Kier molecular flexibility index (Phi) is 7.13. The van der Waals surface area contributed by atoms with Crippen molar-refractivity contribution in [3.63, 3.8) is 0 Å². The largest absolute Gasteiger partial charge is 0.376 e. The molecule has 7 heteroatoms. The molecule has 1 fully saturated rings. The van der Waals surface area contributed by atoms with Gasteiger partial charge < -0.3 is 9.64 Å². The van der Waals surface area contributed by atoms with Crippen LogP contribution in [0.2, 0.25) is 0 Å². The lowest BCUT2D eigenvalue weighted by molar-refractivity contribution is -0.130. The Hall–Kier alpha value is -1.86. The smallest absolute Gasteiger partial charge is 0.262 e. The minimum atomic E-state index is -0.260. The van der Waals surface area contributed by atoms with Crippen molar-refractivity contribution in [1.29, 1.82) is 0 Å². The Balaban J connectivity index is 1.99. The molecule has 0 saturated carbocycles. The van der Waals surface area contributed by atoms with Crippen LogP contribution in [0.5, 0.6) is 0 Å². The third-order valence-electron chi connectivity index (χ3n) is 5.21. The van der Waals surface area contributed by atoms with E-state index in [0.717, 1.165) is 19.4 Å². The molecule has 152 valence electrons. The summed E-state index contributed by atoms with van der Waals surface area (Å²) in [6.45, 7) is 8.56. The molecule has 0 spiro atoms. The second-order valence-corrected chi connectivity index (χ2v) is 8.16. The van der Waals surface area contributed by atoms with Gasteiger partial charge in [-0.25, -0.2) is 4.98 Å². The summed E-state index contributed by atoms with van der Waals surface area (Å²) in [5.41, 5.74) is 0.609. The molecule has 1 amide bonds. The third-order valence-corrected chi connectivity index (χ3v) is 6.55. The number of para-hydroxylation sites is 1. The molecule has 6 nitrogen and oxygen atoms in total. The molecular formula is C21H29N3O3S. The van der Waals surface area contributed by atoms with E-state index in [-0.39, 0.29) is 22.8 Å². The first-order chi connectivity index (χ1) is 13.6. The van der Waals surface area contributed by atoms with Crippen molar-refractivity contribution in [2.45, 2.75) is 63.1 Å². The monoisotopic (exact) mass is 403 g/mol. The van der Waals surface area contributed by atoms with Gasteiger partial charge in [0.25, 0.3) is 5.56 Å². The standard InChI is InChI=1S/C21H29N3O3S/c1-4-18(20(26)23(5-2)6-3)28-21-22-17-12-8-7-11-16(17)19(25)24(21)14-15-10-9-13-27-15/h7-8,11-12,15,18H,4-6,9-10,13-14H2,1-3H3/t15-,18+/m0/s1. The minimum absolute atomic E-state index is 0.0265. The minimum Gasteiger partial charge on any atom is -0.376 e. The van der Waals surface area contributed by atoms with Crippen molar-refractivity contribution in [1.82, 2.24) is 14.5 Å². The van der Waals surface area contributed by atoms with E-state index in [1.165, 1.54) is 11.8 Å². The normalized spacial score (nSPS) is 17.8. The molecule has 1 saturated heterocycles. The Labute approximate surface area is 170 Å². The maximum atomic E-state index is 13.2. The highest BCUT2D eigenvalue weighted by Crippen LogP contribution is 2.27. The summed E-state index contributed by atoms with van der Waals surface area (Å²) in [4.78, 5) is 32.7. The van der Waals surface area contributed by atoms with Crippen molar-refractivity contribution in [3.05, 3.63) is 34.6 Å². The molecule has 1 aliphatic rings. The molecule has 1 aliphatic heterocycles. The van der Waals surface area contributed by atoms with E-state index in [1.54, 1.807) is 4.57 Å². The Morgan fingerprint density at radius 2 is 2.07 bits per heavy atom. The molecule has 28 heavy (non-hydrogen) atoms. The topological polar surface area (TPSA) is 64.4 Å². The second-order valence-electron chi connectivity index (χ2n) is 6.99. The predicted molar refractivity (Wildman–Crippen MR) is 113 cm³/mol. The van der Waals surface area contributed by atoms with Crippen molar-refractivity contribution >= 4 is 28.6 Å². The summed E-state index contributed by atoms with van der Waals surface area (Å²) in [5, 5.41) is 0.947. The molecule has 3 rings (SSSR count). The molecule has 1 aromatic carbocycles. The first-order valence-electron chi connectivity index (χ1n) is 10.2. The van der Waals surface area contributed by atoms with Crippen LogP contribution in [0.1, 0.15) is 40.0 Å². The highest BCUT2D eigenvalue weighted by Gasteiger charge is 2.26. The lowest BCUT2D eigenvalue weighted by Gasteiger charge is -2.25. The fraction of sp³-hybridized carbons (Fsp3) is 0.571. The van der Waals surface area contributed by atoms with Crippen LogP contribution < -0.4 is 5.56 Å². The van der Waals surface area contributed by atoms with Gasteiger partial charge in [-0.2, -0.15) is 0 Å². The molecule has 2 aromatic rings. The van der Waals surface area contributed by atoms with E-state index in [9.17, 15) is 9.59 Å². The van der Waals surface area contributed by atoms with Crippen LogP contribution in [0.15, 0.2) is 34.2 Å². The van der Waals surface area contributed by atoms with Gasteiger partial charge in [-0.05, 0) is 45.2 Å². The van der Waals surface area contributed by atoms with Crippen LogP contribution in [-0.2, 0) is 16.1 Å². The van der Waals surface area contributed by atoms with Crippen LogP contribution in [0.4, 0.5) is 0 Å². The summed E-state index contributed by atoms with van der Waals surface area (Å²) in [7, 11) is 0. The summed E-state index contributed by atoms with van der Waals surface area (Å²) < 4.78 is 7.47. The van der Waals surface area contributed by atoms with E-state index >= 15 is 0 Å². The zero-order chi connectivity index (χ0) is 20.1. The quantitative estimate of drug-likeness (QED) is 0.500. The number of ether oxygens (including phenoxy) is 1. The number of carbonyl (C=O) groups excluding carboxylic acids is 1. The van der Waals surface area contributed by atoms with Gasteiger partial charge in [0.2, 0.25) is 5.91 Å². The third kappa shape index (κ3) is 4.41. The number of thioether (sulfide) groups is 1. The Morgan fingerprint density at radius 1 is 1.32 bits per heavy atom. The maximum Gasteiger partial charge on any atom is 0.262 e.